The number of hydrogen-bond donors (Lipinski definition) is 3. The number of carbonyl (C=O) groups is 1. The van der Waals surface area contributed by atoms with Crippen molar-refractivity contribution in [3.8, 4) is 0 Å². The minimum atomic E-state index is -0.638. The Morgan fingerprint density at radius 2 is 1.91 bits per heavy atom. The van der Waals surface area contributed by atoms with Gasteiger partial charge in [-0.3, -0.25) is 4.79 Å². The number of carbonyl (C=O) groups excluding carboxylic acids is 1. The van der Waals surface area contributed by atoms with Gasteiger partial charge in [-0.25, -0.2) is 0 Å². The minimum absolute atomic E-state index is 0.0672. The highest BCUT2D eigenvalue weighted by atomic mass is 16.1. The van der Waals surface area contributed by atoms with Gasteiger partial charge in [0.05, 0.1) is 0 Å². The van der Waals surface area contributed by atoms with Gasteiger partial charge in [-0.05, 0) is 36.5 Å². The van der Waals surface area contributed by atoms with Gasteiger partial charge in [0.25, 0.3) is 5.91 Å². The van der Waals surface area contributed by atoms with Crippen molar-refractivity contribution in [2.75, 3.05) is 10.6 Å². The second kappa shape index (κ2) is 6.20. The van der Waals surface area contributed by atoms with Crippen molar-refractivity contribution >= 4 is 23.4 Å². The lowest BCUT2D eigenvalue weighted by Crippen LogP contribution is -2.20. The number of nitrogens with one attached hydrogen (secondary N) is 2. The van der Waals surface area contributed by atoms with Crippen molar-refractivity contribution in [2.24, 2.45) is 5.73 Å². The van der Waals surface area contributed by atoms with Crippen molar-refractivity contribution in [1.29, 1.82) is 0 Å². The first-order valence-electron chi connectivity index (χ1n) is 7.71. The number of primary amides is 1. The highest BCUT2D eigenvalue weighted by molar-refractivity contribution is 5.95. The lowest BCUT2D eigenvalue weighted by molar-refractivity contribution is 0.0995. The standard InChI is InChI=1S/C16H20N6O/c1-9(2)10-3-5-12(6-4-10)19-16-20-15(18-11-7-8-11)13(14(17)23)21-22-16/h3-6,9,11H,7-8H2,1-2H3,(H2,17,23)(H2,18,19,20,22). The molecule has 0 atom stereocenters. The van der Waals surface area contributed by atoms with Gasteiger partial charge < -0.3 is 16.4 Å². The average Bonchev–Trinajstić information content (AvgIpc) is 3.32. The molecule has 0 saturated heterocycles. The van der Waals surface area contributed by atoms with Crippen LogP contribution in [0, 0.1) is 0 Å². The van der Waals surface area contributed by atoms with Crippen molar-refractivity contribution in [1.82, 2.24) is 15.2 Å². The minimum Gasteiger partial charge on any atom is -0.365 e. The molecule has 0 unspecified atom stereocenters. The van der Waals surface area contributed by atoms with Crippen LogP contribution in [0.15, 0.2) is 24.3 Å². The molecule has 1 aromatic heterocycles. The van der Waals surface area contributed by atoms with Crippen LogP contribution in [0.25, 0.3) is 0 Å². The molecule has 3 rings (SSSR count). The molecule has 23 heavy (non-hydrogen) atoms. The van der Waals surface area contributed by atoms with Crippen LogP contribution in [0.5, 0.6) is 0 Å². The van der Waals surface area contributed by atoms with E-state index in [9.17, 15) is 4.79 Å². The zero-order chi connectivity index (χ0) is 16.4. The van der Waals surface area contributed by atoms with E-state index < -0.39 is 5.91 Å². The van der Waals surface area contributed by atoms with E-state index in [1.54, 1.807) is 0 Å². The Morgan fingerprint density at radius 1 is 1.22 bits per heavy atom. The van der Waals surface area contributed by atoms with Crippen LogP contribution in [-0.4, -0.2) is 27.1 Å². The monoisotopic (exact) mass is 312 g/mol. The van der Waals surface area contributed by atoms with Crippen LogP contribution in [0.4, 0.5) is 17.5 Å². The number of aromatic nitrogens is 3. The molecule has 0 radical (unpaired) electrons. The van der Waals surface area contributed by atoms with E-state index in [1.807, 2.05) is 12.1 Å². The van der Waals surface area contributed by atoms with Gasteiger partial charge in [0, 0.05) is 11.7 Å². The molecule has 2 aromatic rings. The van der Waals surface area contributed by atoms with Crippen LogP contribution in [-0.2, 0) is 0 Å². The second-order valence-corrected chi connectivity index (χ2v) is 6.02. The molecule has 1 fully saturated rings. The Kier molecular flexibility index (Phi) is 4.10. The van der Waals surface area contributed by atoms with Crippen molar-refractivity contribution in [3.05, 3.63) is 35.5 Å². The molecule has 1 aliphatic rings. The van der Waals surface area contributed by atoms with E-state index in [0.717, 1.165) is 18.5 Å². The van der Waals surface area contributed by atoms with Crippen molar-refractivity contribution < 1.29 is 4.79 Å². The van der Waals surface area contributed by atoms with Gasteiger partial charge in [-0.15, -0.1) is 10.2 Å². The lowest BCUT2D eigenvalue weighted by atomic mass is 10.0. The summed E-state index contributed by atoms with van der Waals surface area (Å²) in [5.74, 6) is 0.555. The SMILES string of the molecule is CC(C)c1ccc(Nc2nnc(C(N)=O)c(NC3CC3)n2)cc1. The average molecular weight is 312 g/mol. The summed E-state index contributed by atoms with van der Waals surface area (Å²) in [6.45, 7) is 4.29. The summed E-state index contributed by atoms with van der Waals surface area (Å²) >= 11 is 0. The van der Waals surface area contributed by atoms with Crippen LogP contribution in [0.1, 0.15) is 48.7 Å². The maximum atomic E-state index is 11.4. The van der Waals surface area contributed by atoms with Crippen LogP contribution in [0.3, 0.4) is 0 Å². The molecule has 120 valence electrons. The summed E-state index contributed by atoms with van der Waals surface area (Å²) in [5.41, 5.74) is 7.50. The number of rotatable bonds is 6. The summed E-state index contributed by atoms with van der Waals surface area (Å²) in [7, 11) is 0. The number of hydrogen-bond acceptors (Lipinski definition) is 6. The number of nitrogens with two attached hydrogens (primary N) is 1. The molecular weight excluding hydrogens is 292 g/mol. The van der Waals surface area contributed by atoms with Crippen molar-refractivity contribution in [2.45, 2.75) is 38.6 Å². The molecular formula is C16H20N6O. The molecule has 1 heterocycles. The zero-order valence-corrected chi connectivity index (χ0v) is 13.2. The Labute approximate surface area is 134 Å². The molecule has 1 aromatic carbocycles. The first kappa shape index (κ1) is 15.2. The van der Waals surface area contributed by atoms with Gasteiger partial charge in [0.1, 0.15) is 0 Å². The third kappa shape index (κ3) is 3.74. The predicted octanol–water partition coefficient (Wildman–Crippen LogP) is 2.41. The third-order valence-electron chi connectivity index (χ3n) is 3.67. The van der Waals surface area contributed by atoms with E-state index in [0.29, 0.717) is 23.7 Å². The zero-order valence-electron chi connectivity index (χ0n) is 13.2. The fourth-order valence-corrected chi connectivity index (χ4v) is 2.15. The first-order chi connectivity index (χ1) is 11.0. The highest BCUT2D eigenvalue weighted by Crippen LogP contribution is 2.26. The summed E-state index contributed by atoms with van der Waals surface area (Å²) in [6, 6.07) is 8.38. The van der Waals surface area contributed by atoms with Crippen molar-refractivity contribution in [3.63, 3.8) is 0 Å². The van der Waals surface area contributed by atoms with Gasteiger partial charge in [-0.2, -0.15) is 4.98 Å². The van der Waals surface area contributed by atoms with E-state index in [4.69, 9.17) is 5.73 Å². The largest absolute Gasteiger partial charge is 0.365 e. The van der Waals surface area contributed by atoms with Gasteiger partial charge in [0.2, 0.25) is 5.95 Å². The van der Waals surface area contributed by atoms with Gasteiger partial charge in [0.15, 0.2) is 11.5 Å². The Morgan fingerprint density at radius 3 is 2.48 bits per heavy atom. The quantitative estimate of drug-likeness (QED) is 0.756. The summed E-state index contributed by atoms with van der Waals surface area (Å²) in [6.07, 6.45) is 2.11. The van der Waals surface area contributed by atoms with E-state index >= 15 is 0 Å². The smallest absolute Gasteiger partial charge is 0.273 e. The Hall–Kier alpha value is -2.70. The molecule has 7 nitrogen and oxygen atoms in total. The predicted molar refractivity (Wildman–Crippen MR) is 88.8 cm³/mol. The number of benzene rings is 1. The fourth-order valence-electron chi connectivity index (χ4n) is 2.15. The van der Waals surface area contributed by atoms with Crippen LogP contribution >= 0.6 is 0 Å². The van der Waals surface area contributed by atoms with Gasteiger partial charge >= 0.3 is 0 Å². The van der Waals surface area contributed by atoms with Crippen LogP contribution in [0.2, 0.25) is 0 Å². The number of anilines is 3. The van der Waals surface area contributed by atoms with E-state index in [-0.39, 0.29) is 5.69 Å². The molecule has 1 saturated carbocycles. The lowest BCUT2D eigenvalue weighted by Gasteiger charge is -2.10. The highest BCUT2D eigenvalue weighted by Gasteiger charge is 2.25. The number of nitrogens with zero attached hydrogens (tertiary/aromatic N) is 3. The fraction of sp³-hybridized carbons (Fsp3) is 0.375. The number of amides is 1. The van der Waals surface area contributed by atoms with E-state index in [2.05, 4.69) is 51.8 Å². The Balaban J connectivity index is 1.80. The van der Waals surface area contributed by atoms with Crippen LogP contribution < -0.4 is 16.4 Å². The summed E-state index contributed by atoms with van der Waals surface area (Å²) in [4.78, 5) is 15.7. The first-order valence-corrected chi connectivity index (χ1v) is 7.71. The molecule has 4 N–H and O–H groups in total. The second-order valence-electron chi connectivity index (χ2n) is 6.02. The molecule has 0 bridgehead atoms. The molecule has 7 heteroatoms. The van der Waals surface area contributed by atoms with Gasteiger partial charge in [-0.1, -0.05) is 26.0 Å². The maximum absolute atomic E-state index is 11.4. The molecule has 1 amide bonds. The molecule has 0 aliphatic heterocycles. The summed E-state index contributed by atoms with van der Waals surface area (Å²) in [5, 5.41) is 14.1. The summed E-state index contributed by atoms with van der Waals surface area (Å²) < 4.78 is 0. The molecule has 1 aliphatic carbocycles. The maximum Gasteiger partial charge on any atom is 0.273 e. The topological polar surface area (TPSA) is 106 Å². The molecule has 0 spiro atoms. The normalized spacial score (nSPS) is 13.9. The van der Waals surface area contributed by atoms with E-state index in [1.165, 1.54) is 5.56 Å². The Bertz CT molecular complexity index is 709. The third-order valence-corrected chi connectivity index (χ3v) is 3.67.